The fraction of sp³-hybridized carbons (Fsp3) is 0.455. The third-order valence-electron chi connectivity index (χ3n) is 5.54. The molecule has 3 N–H and O–H groups in total. The van der Waals surface area contributed by atoms with Crippen molar-refractivity contribution in [1.82, 2.24) is 29.6 Å². The topological polar surface area (TPSA) is 104 Å². The van der Waals surface area contributed by atoms with Crippen molar-refractivity contribution < 1.29 is 4.79 Å². The molecule has 0 spiro atoms. The summed E-state index contributed by atoms with van der Waals surface area (Å²) in [5.74, 6) is 1.72. The highest BCUT2D eigenvalue weighted by molar-refractivity contribution is 5.89. The van der Waals surface area contributed by atoms with E-state index in [9.17, 15) is 4.79 Å². The van der Waals surface area contributed by atoms with Crippen LogP contribution in [0.3, 0.4) is 0 Å². The van der Waals surface area contributed by atoms with Gasteiger partial charge < -0.3 is 20.5 Å². The maximum Gasteiger partial charge on any atom is 0.246 e. The highest BCUT2D eigenvalue weighted by Crippen LogP contribution is 2.26. The van der Waals surface area contributed by atoms with Gasteiger partial charge in [-0.2, -0.15) is 15.1 Å². The van der Waals surface area contributed by atoms with Gasteiger partial charge in [0.2, 0.25) is 11.9 Å². The highest BCUT2D eigenvalue weighted by atomic mass is 16.2. The van der Waals surface area contributed by atoms with Crippen LogP contribution in [0.1, 0.15) is 33.6 Å². The Morgan fingerprint density at radius 1 is 1.39 bits per heavy atom. The number of aromatic amines is 1. The molecule has 1 aliphatic heterocycles. The minimum absolute atomic E-state index is 0.0331. The number of likely N-dealkylation sites (tertiary alicyclic amines) is 1. The van der Waals surface area contributed by atoms with Gasteiger partial charge in [-0.15, -0.1) is 0 Å². The average molecular weight is 423 g/mol. The molecule has 0 saturated carbocycles. The van der Waals surface area contributed by atoms with Crippen molar-refractivity contribution in [3.63, 3.8) is 0 Å². The van der Waals surface area contributed by atoms with E-state index in [0.29, 0.717) is 18.4 Å². The number of hydrogen-bond acceptors (Lipinski definition) is 6. The van der Waals surface area contributed by atoms with Crippen molar-refractivity contribution in [3.05, 3.63) is 37.3 Å². The molecular formula is C22H30N8O. The van der Waals surface area contributed by atoms with Gasteiger partial charge in [0, 0.05) is 37.6 Å². The zero-order chi connectivity index (χ0) is 22.0. The van der Waals surface area contributed by atoms with Crippen LogP contribution in [-0.2, 0) is 11.3 Å². The number of piperidine rings is 1. The molecule has 2 atom stereocenters. The van der Waals surface area contributed by atoms with Crippen LogP contribution in [0.4, 0.5) is 17.5 Å². The first-order chi connectivity index (χ1) is 14.9. The van der Waals surface area contributed by atoms with Gasteiger partial charge in [-0.1, -0.05) is 20.4 Å². The van der Waals surface area contributed by atoms with Gasteiger partial charge in [-0.05, 0) is 37.8 Å². The van der Waals surface area contributed by atoms with E-state index >= 15 is 0 Å². The van der Waals surface area contributed by atoms with Gasteiger partial charge in [-0.25, -0.2) is 0 Å². The first kappa shape index (κ1) is 20.9. The molecule has 4 rings (SSSR count). The molecule has 4 heterocycles. The van der Waals surface area contributed by atoms with Crippen molar-refractivity contribution in [2.24, 2.45) is 5.92 Å². The zero-order valence-corrected chi connectivity index (χ0v) is 18.3. The zero-order valence-electron chi connectivity index (χ0n) is 18.3. The second-order valence-electron chi connectivity index (χ2n) is 8.57. The molecule has 31 heavy (non-hydrogen) atoms. The normalized spacial score (nSPS) is 19.0. The van der Waals surface area contributed by atoms with Crippen LogP contribution in [0.15, 0.2) is 37.3 Å². The lowest BCUT2D eigenvalue weighted by Crippen LogP contribution is -2.49. The van der Waals surface area contributed by atoms with E-state index in [1.165, 1.54) is 6.08 Å². The summed E-state index contributed by atoms with van der Waals surface area (Å²) in [5, 5.41) is 12.1. The summed E-state index contributed by atoms with van der Waals surface area (Å²) in [6.45, 7) is 11.5. The number of nitrogens with one attached hydrogen (secondary N) is 3. The van der Waals surface area contributed by atoms with Gasteiger partial charge in [-0.3, -0.25) is 9.48 Å². The number of amides is 1. The fourth-order valence-corrected chi connectivity index (χ4v) is 3.98. The second-order valence-corrected chi connectivity index (χ2v) is 8.57. The molecule has 3 aromatic rings. The molecule has 0 aliphatic carbocycles. The van der Waals surface area contributed by atoms with Crippen LogP contribution in [0.25, 0.3) is 11.0 Å². The van der Waals surface area contributed by atoms with Gasteiger partial charge in [0.1, 0.15) is 11.5 Å². The molecule has 9 nitrogen and oxygen atoms in total. The molecule has 1 amide bonds. The first-order valence-electron chi connectivity index (χ1n) is 10.8. The van der Waals surface area contributed by atoms with Gasteiger partial charge in [0.15, 0.2) is 0 Å². The quantitative estimate of drug-likeness (QED) is 0.503. The van der Waals surface area contributed by atoms with E-state index in [1.54, 1.807) is 6.20 Å². The maximum absolute atomic E-state index is 12.2. The lowest BCUT2D eigenvalue weighted by molar-refractivity contribution is -0.129. The fourth-order valence-electron chi connectivity index (χ4n) is 3.98. The minimum Gasteiger partial charge on any atom is -0.365 e. The van der Waals surface area contributed by atoms with E-state index in [4.69, 9.17) is 4.98 Å². The summed E-state index contributed by atoms with van der Waals surface area (Å²) in [6, 6.07) is 2.27. The Bertz CT molecular complexity index is 1070. The second kappa shape index (κ2) is 8.79. The molecule has 164 valence electrons. The van der Waals surface area contributed by atoms with E-state index in [2.05, 4.69) is 53.1 Å². The van der Waals surface area contributed by atoms with Gasteiger partial charge >= 0.3 is 0 Å². The number of carbonyl (C=O) groups excluding carboxylic acids is 1. The predicted octanol–water partition coefficient (Wildman–Crippen LogP) is 3.53. The maximum atomic E-state index is 12.2. The Morgan fingerprint density at radius 3 is 3.00 bits per heavy atom. The lowest BCUT2D eigenvalue weighted by atomic mass is 9.99. The Balaban J connectivity index is 1.54. The summed E-state index contributed by atoms with van der Waals surface area (Å²) < 4.78 is 1.91. The Morgan fingerprint density at radius 2 is 2.23 bits per heavy atom. The largest absolute Gasteiger partial charge is 0.365 e. The van der Waals surface area contributed by atoms with Crippen LogP contribution >= 0.6 is 0 Å². The smallest absolute Gasteiger partial charge is 0.246 e. The number of fused-ring (bicyclic) bond motifs is 1. The summed E-state index contributed by atoms with van der Waals surface area (Å²) in [4.78, 5) is 26.6. The SMILES string of the molecule is C=CC(=O)N1C[C@H](Nc2nc(Nc3cnn(CC(C)C)c3)nc3[nH]ccc23)CC[C@@H]1C. The molecule has 1 saturated heterocycles. The van der Waals surface area contributed by atoms with Crippen LogP contribution in [0, 0.1) is 5.92 Å². The van der Waals surface area contributed by atoms with Crippen molar-refractivity contribution in [2.75, 3.05) is 17.2 Å². The summed E-state index contributed by atoms with van der Waals surface area (Å²) in [6.07, 6.45) is 8.86. The van der Waals surface area contributed by atoms with E-state index in [1.807, 2.05) is 28.0 Å². The summed E-state index contributed by atoms with van der Waals surface area (Å²) in [5.41, 5.74) is 1.59. The molecule has 0 bridgehead atoms. The molecule has 0 radical (unpaired) electrons. The molecular weight excluding hydrogens is 392 g/mol. The summed E-state index contributed by atoms with van der Waals surface area (Å²) in [7, 11) is 0. The Hall–Kier alpha value is -3.36. The third kappa shape index (κ3) is 4.70. The average Bonchev–Trinajstić information content (AvgIpc) is 3.38. The number of rotatable bonds is 7. The van der Waals surface area contributed by atoms with Crippen molar-refractivity contribution >= 4 is 34.4 Å². The molecule has 1 aliphatic rings. The number of anilines is 3. The standard InChI is InChI=1S/C22H30N8O/c1-5-19(31)30-13-16(7-6-15(30)4)25-21-18-8-9-23-20(18)27-22(28-21)26-17-10-24-29(12-17)11-14(2)3/h5,8-10,12,14-16H,1,6-7,11,13H2,2-4H3,(H3,23,25,26,27,28)/t15-,16+/m0/s1. The van der Waals surface area contributed by atoms with E-state index < -0.39 is 0 Å². The monoisotopic (exact) mass is 422 g/mol. The lowest BCUT2D eigenvalue weighted by Gasteiger charge is -2.38. The number of H-pyrrole nitrogens is 1. The number of carbonyl (C=O) groups is 1. The highest BCUT2D eigenvalue weighted by Gasteiger charge is 2.28. The minimum atomic E-state index is -0.0331. The molecule has 1 fully saturated rings. The van der Waals surface area contributed by atoms with Crippen LogP contribution in [-0.4, -0.2) is 54.2 Å². The van der Waals surface area contributed by atoms with E-state index in [-0.39, 0.29) is 18.0 Å². The summed E-state index contributed by atoms with van der Waals surface area (Å²) >= 11 is 0. The van der Waals surface area contributed by atoms with Crippen LogP contribution in [0.2, 0.25) is 0 Å². The van der Waals surface area contributed by atoms with Crippen molar-refractivity contribution in [2.45, 2.75) is 52.2 Å². The van der Waals surface area contributed by atoms with Crippen molar-refractivity contribution in [3.8, 4) is 0 Å². The third-order valence-corrected chi connectivity index (χ3v) is 5.54. The molecule has 3 aromatic heterocycles. The number of hydrogen-bond donors (Lipinski definition) is 3. The van der Waals surface area contributed by atoms with Crippen LogP contribution < -0.4 is 10.6 Å². The van der Waals surface area contributed by atoms with Crippen molar-refractivity contribution in [1.29, 1.82) is 0 Å². The van der Waals surface area contributed by atoms with Crippen LogP contribution in [0.5, 0.6) is 0 Å². The number of aromatic nitrogens is 5. The molecule has 0 aromatic carbocycles. The predicted molar refractivity (Wildman–Crippen MR) is 122 cm³/mol. The van der Waals surface area contributed by atoms with E-state index in [0.717, 1.165) is 41.9 Å². The van der Waals surface area contributed by atoms with Gasteiger partial charge in [0.25, 0.3) is 0 Å². The van der Waals surface area contributed by atoms with Gasteiger partial charge in [0.05, 0.1) is 17.3 Å². The molecule has 0 unspecified atom stereocenters. The Kier molecular flexibility index (Phi) is 5.92. The molecule has 9 heteroatoms. The number of nitrogens with zero attached hydrogens (tertiary/aromatic N) is 5. The Labute approximate surface area is 181 Å². The first-order valence-corrected chi connectivity index (χ1v) is 10.8.